The monoisotopic (exact) mass is 255 g/mol. The van der Waals surface area contributed by atoms with Gasteiger partial charge in [0, 0.05) is 25.5 Å². The Bertz CT molecular complexity index is 400. The van der Waals surface area contributed by atoms with Crippen molar-refractivity contribution >= 4 is 17.5 Å². The first-order valence-corrected chi connectivity index (χ1v) is 5.86. The lowest BCUT2D eigenvalue weighted by Crippen LogP contribution is -2.48. The molecule has 92 valence electrons. The molecule has 0 aliphatic carbocycles. The van der Waals surface area contributed by atoms with E-state index in [0.29, 0.717) is 18.7 Å². The zero-order valence-corrected chi connectivity index (χ0v) is 10.5. The minimum absolute atomic E-state index is 0.0518. The van der Waals surface area contributed by atoms with Gasteiger partial charge in [0.1, 0.15) is 0 Å². The Labute approximate surface area is 105 Å². The van der Waals surface area contributed by atoms with Crippen molar-refractivity contribution in [1.82, 2.24) is 14.9 Å². The second-order valence-corrected chi connectivity index (χ2v) is 4.55. The number of carbonyl (C=O) groups excluding carboxylic acids is 1. The number of hydrogen-bond acceptors (Lipinski definition) is 4. The molecule has 1 fully saturated rings. The van der Waals surface area contributed by atoms with Crippen molar-refractivity contribution < 1.29 is 9.53 Å². The summed E-state index contributed by atoms with van der Waals surface area (Å²) in [7, 11) is 0. The van der Waals surface area contributed by atoms with Crippen molar-refractivity contribution in [2.45, 2.75) is 26.1 Å². The second-order valence-electron chi connectivity index (χ2n) is 4.21. The highest BCUT2D eigenvalue weighted by molar-refractivity contribution is 6.28. The van der Waals surface area contributed by atoms with Crippen LogP contribution in [-0.2, 0) is 4.74 Å². The van der Waals surface area contributed by atoms with Gasteiger partial charge in [-0.25, -0.2) is 9.97 Å². The standard InChI is InChI=1S/C11H14ClN3O2/c1-7-5-15(6-8(2)17-7)10(16)9-3-13-11(12)14-4-9/h3-4,7-8H,5-6H2,1-2H3/t7-,8+. The first kappa shape index (κ1) is 12.3. The Morgan fingerprint density at radius 3 is 2.41 bits per heavy atom. The molecular weight excluding hydrogens is 242 g/mol. The number of nitrogens with zero attached hydrogens (tertiary/aromatic N) is 3. The molecule has 1 amide bonds. The predicted octanol–water partition coefficient (Wildman–Crippen LogP) is 1.38. The molecule has 0 bridgehead atoms. The molecule has 0 radical (unpaired) electrons. The van der Waals surface area contributed by atoms with Gasteiger partial charge in [-0.2, -0.15) is 0 Å². The van der Waals surface area contributed by atoms with Gasteiger partial charge in [-0.05, 0) is 25.4 Å². The van der Waals surface area contributed by atoms with Crippen molar-refractivity contribution in [3.8, 4) is 0 Å². The van der Waals surface area contributed by atoms with Gasteiger partial charge in [0.15, 0.2) is 0 Å². The van der Waals surface area contributed by atoms with E-state index in [1.54, 1.807) is 4.90 Å². The molecule has 1 saturated heterocycles. The number of hydrogen-bond donors (Lipinski definition) is 0. The number of halogens is 1. The molecule has 0 aromatic carbocycles. The number of morpholine rings is 1. The topological polar surface area (TPSA) is 55.3 Å². The van der Waals surface area contributed by atoms with Crippen LogP contribution in [0.3, 0.4) is 0 Å². The minimum Gasteiger partial charge on any atom is -0.372 e. The SMILES string of the molecule is C[C@@H]1CN(C(=O)c2cnc(Cl)nc2)C[C@H](C)O1. The van der Waals surface area contributed by atoms with Gasteiger partial charge < -0.3 is 9.64 Å². The Balaban J connectivity index is 2.11. The van der Waals surface area contributed by atoms with Gasteiger partial charge in [0.05, 0.1) is 17.8 Å². The summed E-state index contributed by atoms with van der Waals surface area (Å²) in [6, 6.07) is 0. The molecule has 2 heterocycles. The lowest BCUT2D eigenvalue weighted by molar-refractivity contribution is -0.0586. The molecule has 2 rings (SSSR count). The quantitative estimate of drug-likeness (QED) is 0.712. The smallest absolute Gasteiger partial charge is 0.257 e. The lowest BCUT2D eigenvalue weighted by Gasteiger charge is -2.35. The van der Waals surface area contributed by atoms with Crippen LogP contribution in [0.2, 0.25) is 5.28 Å². The van der Waals surface area contributed by atoms with Crippen LogP contribution in [0.15, 0.2) is 12.4 Å². The molecular formula is C11H14ClN3O2. The van der Waals surface area contributed by atoms with E-state index < -0.39 is 0 Å². The van der Waals surface area contributed by atoms with Crippen molar-refractivity contribution in [2.24, 2.45) is 0 Å². The van der Waals surface area contributed by atoms with E-state index in [1.807, 2.05) is 13.8 Å². The summed E-state index contributed by atoms with van der Waals surface area (Å²) in [6.45, 7) is 5.08. The van der Waals surface area contributed by atoms with Gasteiger partial charge in [-0.15, -0.1) is 0 Å². The van der Waals surface area contributed by atoms with E-state index in [1.165, 1.54) is 12.4 Å². The van der Waals surface area contributed by atoms with Crippen LogP contribution in [0.25, 0.3) is 0 Å². The van der Waals surface area contributed by atoms with E-state index in [-0.39, 0.29) is 23.4 Å². The molecule has 1 aliphatic rings. The summed E-state index contributed by atoms with van der Waals surface area (Å²) in [5, 5.41) is 0.144. The Hall–Kier alpha value is -1.20. The lowest BCUT2D eigenvalue weighted by atomic mass is 10.2. The van der Waals surface area contributed by atoms with Gasteiger partial charge in [0.2, 0.25) is 5.28 Å². The average Bonchev–Trinajstić information content (AvgIpc) is 2.28. The van der Waals surface area contributed by atoms with Gasteiger partial charge in [-0.3, -0.25) is 4.79 Å². The summed E-state index contributed by atoms with van der Waals surface area (Å²) in [5.74, 6) is -0.0799. The number of rotatable bonds is 1. The highest BCUT2D eigenvalue weighted by atomic mass is 35.5. The summed E-state index contributed by atoms with van der Waals surface area (Å²) in [6.07, 6.45) is 3.00. The average molecular weight is 256 g/mol. The normalized spacial score (nSPS) is 24.8. The van der Waals surface area contributed by atoms with Crippen LogP contribution in [-0.4, -0.2) is 46.1 Å². The molecule has 0 N–H and O–H groups in total. The van der Waals surface area contributed by atoms with Crippen molar-refractivity contribution in [3.05, 3.63) is 23.2 Å². The first-order chi connectivity index (χ1) is 8.06. The van der Waals surface area contributed by atoms with Gasteiger partial charge in [0.25, 0.3) is 5.91 Å². The maximum absolute atomic E-state index is 12.1. The van der Waals surface area contributed by atoms with Gasteiger partial charge >= 0.3 is 0 Å². The van der Waals surface area contributed by atoms with Crippen LogP contribution in [0.5, 0.6) is 0 Å². The largest absolute Gasteiger partial charge is 0.372 e. The van der Waals surface area contributed by atoms with Crippen molar-refractivity contribution in [3.63, 3.8) is 0 Å². The van der Waals surface area contributed by atoms with Crippen molar-refractivity contribution in [2.75, 3.05) is 13.1 Å². The molecule has 1 aromatic heterocycles. The first-order valence-electron chi connectivity index (χ1n) is 5.48. The highest BCUT2D eigenvalue weighted by Gasteiger charge is 2.26. The molecule has 0 spiro atoms. The van der Waals surface area contributed by atoms with E-state index in [2.05, 4.69) is 9.97 Å². The maximum Gasteiger partial charge on any atom is 0.257 e. The van der Waals surface area contributed by atoms with E-state index in [9.17, 15) is 4.79 Å². The zero-order valence-electron chi connectivity index (χ0n) is 9.76. The zero-order chi connectivity index (χ0) is 12.4. The van der Waals surface area contributed by atoms with E-state index >= 15 is 0 Å². The predicted molar refractivity (Wildman–Crippen MR) is 63.0 cm³/mol. The molecule has 0 saturated carbocycles. The number of ether oxygens (including phenoxy) is 1. The van der Waals surface area contributed by atoms with Crippen molar-refractivity contribution in [1.29, 1.82) is 0 Å². The third-order valence-corrected chi connectivity index (χ3v) is 2.77. The van der Waals surface area contributed by atoms with Crippen LogP contribution in [0.1, 0.15) is 24.2 Å². The number of aromatic nitrogens is 2. The fourth-order valence-corrected chi connectivity index (χ4v) is 2.05. The fraction of sp³-hybridized carbons (Fsp3) is 0.545. The summed E-state index contributed by atoms with van der Waals surface area (Å²) < 4.78 is 5.58. The summed E-state index contributed by atoms with van der Waals surface area (Å²) >= 11 is 5.58. The van der Waals surface area contributed by atoms with E-state index in [0.717, 1.165) is 0 Å². The van der Waals surface area contributed by atoms with Crippen LogP contribution in [0, 0.1) is 0 Å². The molecule has 5 nitrogen and oxygen atoms in total. The van der Waals surface area contributed by atoms with Crippen LogP contribution < -0.4 is 0 Å². The number of carbonyl (C=O) groups is 1. The van der Waals surface area contributed by atoms with Crippen LogP contribution in [0.4, 0.5) is 0 Å². The van der Waals surface area contributed by atoms with Gasteiger partial charge in [-0.1, -0.05) is 0 Å². The summed E-state index contributed by atoms with van der Waals surface area (Å²) in [5.41, 5.74) is 0.454. The highest BCUT2D eigenvalue weighted by Crippen LogP contribution is 2.13. The molecule has 6 heteroatoms. The number of amides is 1. The molecule has 0 unspecified atom stereocenters. The molecule has 2 atom stereocenters. The second kappa shape index (κ2) is 4.98. The minimum atomic E-state index is -0.0799. The third-order valence-electron chi connectivity index (χ3n) is 2.57. The maximum atomic E-state index is 12.1. The van der Waals surface area contributed by atoms with E-state index in [4.69, 9.17) is 16.3 Å². The summed E-state index contributed by atoms with van der Waals surface area (Å²) in [4.78, 5) is 21.5. The Morgan fingerprint density at radius 2 is 1.88 bits per heavy atom. The molecule has 17 heavy (non-hydrogen) atoms. The third kappa shape index (κ3) is 2.92. The Morgan fingerprint density at radius 1 is 1.35 bits per heavy atom. The molecule has 1 aromatic rings. The molecule has 1 aliphatic heterocycles. The fourth-order valence-electron chi connectivity index (χ4n) is 1.95. The Kier molecular flexibility index (Phi) is 3.59. The van der Waals surface area contributed by atoms with Crippen LogP contribution >= 0.6 is 11.6 Å².